The van der Waals surface area contributed by atoms with Crippen LogP contribution in [0, 0.1) is 0 Å². The molecule has 1 aromatic heterocycles. The van der Waals surface area contributed by atoms with E-state index in [0.717, 1.165) is 25.1 Å². The maximum atomic E-state index is 10.9. The standard InChI is InChI=1S/C11H17NO3/c1-12(6-3-4-11(13)14-2)8-10-5-7-15-9-10/h5,7,9H,3-4,6,8H2,1-2H3. The summed E-state index contributed by atoms with van der Waals surface area (Å²) in [7, 11) is 3.43. The molecular formula is C11H17NO3. The highest BCUT2D eigenvalue weighted by atomic mass is 16.5. The summed E-state index contributed by atoms with van der Waals surface area (Å²) < 4.78 is 9.54. The number of furan rings is 1. The Bertz CT molecular complexity index is 282. The summed E-state index contributed by atoms with van der Waals surface area (Å²) in [5.41, 5.74) is 1.15. The van der Waals surface area contributed by atoms with E-state index in [0.29, 0.717) is 6.42 Å². The number of carbonyl (C=O) groups is 1. The summed E-state index contributed by atoms with van der Waals surface area (Å²) in [6.45, 7) is 1.72. The van der Waals surface area contributed by atoms with Crippen molar-refractivity contribution in [3.63, 3.8) is 0 Å². The smallest absolute Gasteiger partial charge is 0.305 e. The maximum Gasteiger partial charge on any atom is 0.305 e. The summed E-state index contributed by atoms with van der Waals surface area (Å²) in [5, 5.41) is 0. The van der Waals surface area contributed by atoms with Gasteiger partial charge in [-0.15, -0.1) is 0 Å². The molecule has 0 aliphatic heterocycles. The van der Waals surface area contributed by atoms with Crippen LogP contribution in [-0.4, -0.2) is 31.6 Å². The predicted molar refractivity (Wildman–Crippen MR) is 56.3 cm³/mol. The lowest BCUT2D eigenvalue weighted by Crippen LogP contribution is -2.19. The van der Waals surface area contributed by atoms with E-state index >= 15 is 0 Å². The highest BCUT2D eigenvalue weighted by Gasteiger charge is 2.04. The molecule has 84 valence electrons. The van der Waals surface area contributed by atoms with Gasteiger partial charge in [0.2, 0.25) is 0 Å². The zero-order chi connectivity index (χ0) is 11.1. The van der Waals surface area contributed by atoms with E-state index in [1.807, 2.05) is 13.1 Å². The minimum absolute atomic E-state index is 0.147. The second-order valence-electron chi connectivity index (χ2n) is 3.55. The predicted octanol–water partition coefficient (Wildman–Crippen LogP) is 1.66. The van der Waals surface area contributed by atoms with Gasteiger partial charge in [-0.3, -0.25) is 4.79 Å². The number of carbonyl (C=O) groups excluding carboxylic acids is 1. The van der Waals surface area contributed by atoms with Crippen molar-refractivity contribution in [1.82, 2.24) is 4.90 Å². The molecule has 0 aromatic carbocycles. The summed E-state index contributed by atoms with van der Waals surface area (Å²) >= 11 is 0. The Morgan fingerprint density at radius 2 is 2.40 bits per heavy atom. The van der Waals surface area contributed by atoms with E-state index in [9.17, 15) is 4.79 Å². The van der Waals surface area contributed by atoms with Gasteiger partial charge in [0.25, 0.3) is 0 Å². The van der Waals surface area contributed by atoms with Gasteiger partial charge in [0.1, 0.15) is 0 Å². The third-order valence-corrected chi connectivity index (χ3v) is 2.18. The Balaban J connectivity index is 2.14. The molecule has 0 atom stereocenters. The van der Waals surface area contributed by atoms with Gasteiger partial charge in [-0.25, -0.2) is 0 Å². The molecule has 4 nitrogen and oxygen atoms in total. The van der Waals surface area contributed by atoms with Crippen LogP contribution < -0.4 is 0 Å². The first kappa shape index (κ1) is 11.8. The normalized spacial score (nSPS) is 10.6. The number of esters is 1. The molecule has 1 heterocycles. The van der Waals surface area contributed by atoms with Crippen LogP contribution >= 0.6 is 0 Å². The SMILES string of the molecule is COC(=O)CCCN(C)Cc1ccoc1. The highest BCUT2D eigenvalue weighted by Crippen LogP contribution is 2.04. The molecule has 0 amide bonds. The van der Waals surface area contributed by atoms with Crippen LogP contribution in [0.3, 0.4) is 0 Å². The van der Waals surface area contributed by atoms with E-state index in [1.165, 1.54) is 7.11 Å². The molecule has 0 aliphatic rings. The molecule has 1 rings (SSSR count). The summed E-state index contributed by atoms with van der Waals surface area (Å²) in [4.78, 5) is 13.0. The van der Waals surface area contributed by atoms with E-state index in [-0.39, 0.29) is 5.97 Å². The van der Waals surface area contributed by atoms with Crippen molar-refractivity contribution < 1.29 is 13.9 Å². The average Bonchev–Trinajstić information content (AvgIpc) is 2.70. The highest BCUT2D eigenvalue weighted by molar-refractivity contribution is 5.69. The molecule has 0 bridgehead atoms. The van der Waals surface area contributed by atoms with Crippen LogP contribution in [0.25, 0.3) is 0 Å². The fourth-order valence-electron chi connectivity index (χ4n) is 1.37. The molecule has 4 heteroatoms. The topological polar surface area (TPSA) is 42.7 Å². The second kappa shape index (κ2) is 6.24. The minimum Gasteiger partial charge on any atom is -0.472 e. The van der Waals surface area contributed by atoms with Gasteiger partial charge in [0.05, 0.1) is 19.6 Å². The van der Waals surface area contributed by atoms with Crippen molar-refractivity contribution >= 4 is 5.97 Å². The number of rotatable bonds is 6. The van der Waals surface area contributed by atoms with E-state index in [1.54, 1.807) is 12.5 Å². The Labute approximate surface area is 89.8 Å². The zero-order valence-corrected chi connectivity index (χ0v) is 9.23. The maximum absolute atomic E-state index is 10.9. The lowest BCUT2D eigenvalue weighted by molar-refractivity contribution is -0.140. The van der Waals surface area contributed by atoms with Crippen molar-refractivity contribution in [2.45, 2.75) is 19.4 Å². The van der Waals surface area contributed by atoms with E-state index < -0.39 is 0 Å². The van der Waals surface area contributed by atoms with Crippen LogP contribution in [0.5, 0.6) is 0 Å². The van der Waals surface area contributed by atoms with Crippen LogP contribution in [0.15, 0.2) is 23.0 Å². The second-order valence-corrected chi connectivity index (χ2v) is 3.55. The first-order valence-electron chi connectivity index (χ1n) is 4.99. The lowest BCUT2D eigenvalue weighted by Gasteiger charge is -2.14. The molecule has 0 fully saturated rings. The number of methoxy groups -OCH3 is 1. The Kier molecular flexibility index (Phi) is 4.90. The molecule has 0 radical (unpaired) electrons. The summed E-state index contributed by atoms with van der Waals surface area (Å²) in [6, 6.07) is 1.94. The molecule has 0 spiro atoms. The van der Waals surface area contributed by atoms with Gasteiger partial charge in [-0.2, -0.15) is 0 Å². The average molecular weight is 211 g/mol. The van der Waals surface area contributed by atoms with E-state index in [2.05, 4.69) is 9.64 Å². The monoisotopic (exact) mass is 211 g/mol. The number of nitrogens with zero attached hydrogens (tertiary/aromatic N) is 1. The first-order chi connectivity index (χ1) is 7.22. The number of ether oxygens (including phenoxy) is 1. The molecule has 0 saturated carbocycles. The largest absolute Gasteiger partial charge is 0.472 e. The summed E-state index contributed by atoms with van der Waals surface area (Å²) in [6.07, 6.45) is 4.70. The molecular weight excluding hydrogens is 194 g/mol. The lowest BCUT2D eigenvalue weighted by atomic mass is 10.2. The first-order valence-corrected chi connectivity index (χ1v) is 4.99. The van der Waals surface area contributed by atoms with Crippen LogP contribution in [-0.2, 0) is 16.1 Å². The molecule has 0 saturated heterocycles. The fourth-order valence-corrected chi connectivity index (χ4v) is 1.37. The van der Waals surface area contributed by atoms with Gasteiger partial charge in [-0.1, -0.05) is 0 Å². The van der Waals surface area contributed by atoms with Gasteiger partial charge >= 0.3 is 5.97 Å². The Hall–Kier alpha value is -1.29. The van der Waals surface area contributed by atoms with Crippen molar-refractivity contribution in [2.24, 2.45) is 0 Å². The van der Waals surface area contributed by atoms with Gasteiger partial charge in [0, 0.05) is 18.5 Å². The van der Waals surface area contributed by atoms with Crippen LogP contribution in [0.2, 0.25) is 0 Å². The van der Waals surface area contributed by atoms with E-state index in [4.69, 9.17) is 4.42 Å². The van der Waals surface area contributed by atoms with Crippen LogP contribution in [0.1, 0.15) is 18.4 Å². The third-order valence-electron chi connectivity index (χ3n) is 2.18. The zero-order valence-electron chi connectivity index (χ0n) is 9.23. The van der Waals surface area contributed by atoms with Gasteiger partial charge < -0.3 is 14.1 Å². The Morgan fingerprint density at radius 3 is 3.00 bits per heavy atom. The quantitative estimate of drug-likeness (QED) is 0.671. The van der Waals surface area contributed by atoms with Crippen molar-refractivity contribution in [3.05, 3.63) is 24.2 Å². The third kappa shape index (κ3) is 4.65. The van der Waals surface area contributed by atoms with Gasteiger partial charge in [0.15, 0.2) is 0 Å². The molecule has 1 aromatic rings. The molecule has 0 N–H and O–H groups in total. The van der Waals surface area contributed by atoms with Crippen molar-refractivity contribution in [2.75, 3.05) is 20.7 Å². The summed E-state index contributed by atoms with van der Waals surface area (Å²) in [5.74, 6) is -0.147. The molecule has 0 unspecified atom stereocenters. The Morgan fingerprint density at radius 1 is 1.60 bits per heavy atom. The fraction of sp³-hybridized carbons (Fsp3) is 0.545. The van der Waals surface area contributed by atoms with Crippen molar-refractivity contribution in [3.8, 4) is 0 Å². The van der Waals surface area contributed by atoms with Crippen molar-refractivity contribution in [1.29, 1.82) is 0 Å². The minimum atomic E-state index is -0.147. The van der Waals surface area contributed by atoms with Gasteiger partial charge in [-0.05, 0) is 26.1 Å². The molecule has 0 aliphatic carbocycles. The van der Waals surface area contributed by atoms with Crippen LogP contribution in [0.4, 0.5) is 0 Å². The number of hydrogen-bond acceptors (Lipinski definition) is 4. The number of hydrogen-bond donors (Lipinski definition) is 0. The molecule has 15 heavy (non-hydrogen) atoms.